The highest BCUT2D eigenvalue weighted by Crippen LogP contribution is 2.20. The topological polar surface area (TPSA) is 75.1 Å². The Labute approximate surface area is 92.7 Å². The van der Waals surface area contributed by atoms with Gasteiger partial charge in [0.25, 0.3) is 0 Å². The Morgan fingerprint density at radius 2 is 2.38 bits per heavy atom. The molecule has 70 valence electrons. The Morgan fingerprint density at radius 3 is 3.00 bits per heavy atom. The van der Waals surface area contributed by atoms with Crippen LogP contribution in [0.4, 0.5) is 5.82 Å². The van der Waals surface area contributed by atoms with Crippen molar-refractivity contribution in [3.63, 3.8) is 0 Å². The Hall–Kier alpha value is -0.630. The number of aromatic nitrogens is 2. The van der Waals surface area contributed by atoms with Crippen molar-refractivity contribution in [3.8, 4) is 0 Å². The second-order valence-electron chi connectivity index (χ2n) is 2.07. The largest absolute Gasteiger partial charge is 0.480 e. The average molecular weight is 313 g/mol. The fourth-order valence-electron chi connectivity index (χ4n) is 0.631. The summed E-state index contributed by atoms with van der Waals surface area (Å²) in [4.78, 5) is 17.8. The molecule has 0 aliphatic rings. The fraction of sp³-hybridized carbons (Fsp3) is 0.167. The van der Waals surface area contributed by atoms with Gasteiger partial charge >= 0.3 is 5.97 Å². The van der Waals surface area contributed by atoms with Crippen molar-refractivity contribution in [2.45, 2.75) is 0 Å². The third-order valence-corrected chi connectivity index (χ3v) is 2.78. The van der Waals surface area contributed by atoms with E-state index in [1.807, 2.05) is 22.6 Å². The van der Waals surface area contributed by atoms with Gasteiger partial charge in [-0.05, 0) is 22.6 Å². The quantitative estimate of drug-likeness (QED) is 0.648. The molecule has 0 radical (unpaired) electrons. The first-order valence-corrected chi connectivity index (χ1v) is 4.68. The maximum Gasteiger partial charge on any atom is 0.322 e. The van der Waals surface area contributed by atoms with Crippen LogP contribution in [-0.2, 0) is 4.79 Å². The molecular formula is C6H5ClIN3O2. The number of halogens is 2. The van der Waals surface area contributed by atoms with E-state index in [1.54, 1.807) is 0 Å². The highest BCUT2D eigenvalue weighted by atomic mass is 127. The van der Waals surface area contributed by atoms with Crippen molar-refractivity contribution in [3.05, 3.63) is 15.1 Å². The summed E-state index contributed by atoms with van der Waals surface area (Å²) >= 11 is 7.62. The van der Waals surface area contributed by atoms with Crippen molar-refractivity contribution < 1.29 is 9.90 Å². The van der Waals surface area contributed by atoms with Gasteiger partial charge in [0.1, 0.15) is 23.8 Å². The van der Waals surface area contributed by atoms with Crippen LogP contribution in [0.2, 0.25) is 5.15 Å². The first-order valence-electron chi connectivity index (χ1n) is 3.23. The summed E-state index contributed by atoms with van der Waals surface area (Å²) in [5, 5.41) is 11.3. The molecule has 7 heteroatoms. The van der Waals surface area contributed by atoms with Crippen LogP contribution < -0.4 is 5.32 Å². The molecule has 2 N–H and O–H groups in total. The van der Waals surface area contributed by atoms with E-state index in [-0.39, 0.29) is 6.54 Å². The molecule has 1 aromatic heterocycles. The average Bonchev–Trinajstić information content (AvgIpc) is 2.07. The zero-order valence-electron chi connectivity index (χ0n) is 6.29. The lowest BCUT2D eigenvalue weighted by Crippen LogP contribution is -2.14. The van der Waals surface area contributed by atoms with Crippen LogP contribution in [-0.4, -0.2) is 27.6 Å². The maximum atomic E-state index is 10.2. The zero-order chi connectivity index (χ0) is 9.84. The monoisotopic (exact) mass is 313 g/mol. The minimum Gasteiger partial charge on any atom is -0.480 e. The number of hydrogen-bond donors (Lipinski definition) is 2. The van der Waals surface area contributed by atoms with Gasteiger partial charge in [0.2, 0.25) is 0 Å². The molecule has 13 heavy (non-hydrogen) atoms. The second kappa shape index (κ2) is 4.56. The second-order valence-corrected chi connectivity index (χ2v) is 3.51. The van der Waals surface area contributed by atoms with Crippen molar-refractivity contribution in [2.75, 3.05) is 11.9 Å². The van der Waals surface area contributed by atoms with Crippen LogP contribution in [0.25, 0.3) is 0 Å². The van der Waals surface area contributed by atoms with Crippen molar-refractivity contribution in [1.29, 1.82) is 0 Å². The summed E-state index contributed by atoms with van der Waals surface area (Å²) in [5.74, 6) is -0.520. The number of rotatable bonds is 3. The van der Waals surface area contributed by atoms with E-state index >= 15 is 0 Å². The van der Waals surface area contributed by atoms with Gasteiger partial charge in [-0.15, -0.1) is 0 Å². The lowest BCUT2D eigenvalue weighted by atomic mass is 10.5. The zero-order valence-corrected chi connectivity index (χ0v) is 9.20. The number of nitrogens with zero attached hydrogens (tertiary/aromatic N) is 2. The fourth-order valence-corrected chi connectivity index (χ4v) is 1.23. The number of anilines is 1. The molecule has 0 aromatic carbocycles. The summed E-state index contributed by atoms with van der Waals surface area (Å²) < 4.78 is 0.614. The predicted octanol–water partition coefficient (Wildman–Crippen LogP) is 1.23. The Morgan fingerprint density at radius 1 is 1.69 bits per heavy atom. The summed E-state index contributed by atoms with van der Waals surface area (Å²) in [6.45, 7) is -0.191. The van der Waals surface area contributed by atoms with E-state index < -0.39 is 5.97 Å². The lowest BCUT2D eigenvalue weighted by Gasteiger charge is -2.04. The maximum absolute atomic E-state index is 10.2. The number of carboxylic acids is 1. The number of aliphatic carboxylic acids is 1. The molecule has 0 unspecified atom stereocenters. The van der Waals surface area contributed by atoms with E-state index in [2.05, 4.69) is 15.3 Å². The number of carboxylic acid groups (broad SMARTS) is 1. The van der Waals surface area contributed by atoms with E-state index in [4.69, 9.17) is 16.7 Å². The number of carbonyl (C=O) groups is 1. The lowest BCUT2D eigenvalue weighted by molar-refractivity contribution is -0.134. The molecule has 0 spiro atoms. The van der Waals surface area contributed by atoms with Gasteiger partial charge in [-0.2, -0.15) is 0 Å². The van der Waals surface area contributed by atoms with E-state index in [0.29, 0.717) is 14.5 Å². The van der Waals surface area contributed by atoms with Gasteiger partial charge in [0.05, 0.1) is 3.57 Å². The molecule has 0 aliphatic carbocycles. The molecule has 0 bridgehead atoms. The van der Waals surface area contributed by atoms with E-state index in [1.165, 1.54) is 6.33 Å². The van der Waals surface area contributed by atoms with E-state index in [0.717, 1.165) is 0 Å². The number of nitrogens with one attached hydrogen (secondary N) is 1. The van der Waals surface area contributed by atoms with Crippen molar-refractivity contribution in [1.82, 2.24) is 9.97 Å². The van der Waals surface area contributed by atoms with Crippen LogP contribution in [0.15, 0.2) is 6.33 Å². The normalized spacial score (nSPS) is 9.69. The molecular weight excluding hydrogens is 308 g/mol. The van der Waals surface area contributed by atoms with Crippen molar-refractivity contribution in [2.24, 2.45) is 0 Å². The van der Waals surface area contributed by atoms with Crippen LogP contribution in [0.3, 0.4) is 0 Å². The van der Waals surface area contributed by atoms with Gasteiger partial charge in [0.15, 0.2) is 0 Å². The SMILES string of the molecule is O=C(O)CNc1ncnc(Cl)c1I. The van der Waals surface area contributed by atoms with Crippen LogP contribution in [0, 0.1) is 3.57 Å². The standard InChI is InChI=1S/C6H5ClIN3O2/c7-5-4(8)6(11-2-10-5)9-1-3(12)13/h2H,1H2,(H,12,13)(H,9,10,11). The van der Waals surface area contributed by atoms with Crippen LogP contribution in [0.5, 0.6) is 0 Å². The molecule has 5 nitrogen and oxygen atoms in total. The molecule has 1 heterocycles. The Balaban J connectivity index is 2.77. The minimum atomic E-state index is -0.953. The molecule has 1 aromatic rings. The van der Waals surface area contributed by atoms with E-state index in [9.17, 15) is 4.79 Å². The van der Waals surface area contributed by atoms with Gasteiger partial charge in [-0.3, -0.25) is 4.79 Å². The van der Waals surface area contributed by atoms with Gasteiger partial charge < -0.3 is 10.4 Å². The highest BCUT2D eigenvalue weighted by molar-refractivity contribution is 14.1. The highest BCUT2D eigenvalue weighted by Gasteiger charge is 2.06. The Kier molecular flexibility index (Phi) is 3.67. The first-order chi connectivity index (χ1) is 6.11. The molecule has 0 amide bonds. The Bertz CT molecular complexity index is 334. The molecule has 0 saturated carbocycles. The molecule has 0 atom stereocenters. The van der Waals surface area contributed by atoms with Gasteiger partial charge in [-0.1, -0.05) is 11.6 Å². The third-order valence-electron chi connectivity index (χ3n) is 1.15. The molecule has 1 rings (SSSR count). The smallest absolute Gasteiger partial charge is 0.322 e. The van der Waals surface area contributed by atoms with Gasteiger partial charge in [-0.25, -0.2) is 9.97 Å². The van der Waals surface area contributed by atoms with Crippen molar-refractivity contribution >= 4 is 46.0 Å². The molecule has 0 aliphatic heterocycles. The summed E-state index contributed by atoms with van der Waals surface area (Å²) in [5.41, 5.74) is 0. The minimum absolute atomic E-state index is 0.191. The first kappa shape index (κ1) is 10.5. The molecule has 0 saturated heterocycles. The van der Waals surface area contributed by atoms with Gasteiger partial charge in [0, 0.05) is 0 Å². The summed E-state index contributed by atoms with van der Waals surface area (Å²) in [7, 11) is 0. The molecule has 0 fully saturated rings. The summed E-state index contributed by atoms with van der Waals surface area (Å²) in [6.07, 6.45) is 1.27. The summed E-state index contributed by atoms with van der Waals surface area (Å²) in [6, 6.07) is 0. The van der Waals surface area contributed by atoms with Crippen LogP contribution in [0.1, 0.15) is 0 Å². The predicted molar refractivity (Wildman–Crippen MR) is 55.9 cm³/mol. The van der Waals surface area contributed by atoms with Crippen LogP contribution >= 0.6 is 34.2 Å². The number of hydrogen-bond acceptors (Lipinski definition) is 4. The third kappa shape index (κ3) is 2.96.